The zero-order valence-electron chi connectivity index (χ0n) is 13.9. The molecule has 0 N–H and O–H groups in total. The van der Waals surface area contributed by atoms with Gasteiger partial charge >= 0.3 is 0 Å². The Morgan fingerprint density at radius 1 is 1.26 bits per heavy atom. The highest BCUT2D eigenvalue weighted by Gasteiger charge is 2.37. The highest BCUT2D eigenvalue weighted by molar-refractivity contribution is 5.97. The first kappa shape index (κ1) is 14.7. The van der Waals surface area contributed by atoms with E-state index in [0.717, 1.165) is 42.5 Å². The van der Waals surface area contributed by atoms with Crippen LogP contribution >= 0.6 is 0 Å². The second-order valence-electron chi connectivity index (χ2n) is 7.49. The molecule has 3 heterocycles. The minimum absolute atomic E-state index is 0.124. The van der Waals surface area contributed by atoms with Crippen molar-refractivity contribution in [1.82, 2.24) is 19.7 Å². The van der Waals surface area contributed by atoms with Gasteiger partial charge in [-0.3, -0.25) is 4.79 Å². The molecular formula is C18H24N4O. The van der Waals surface area contributed by atoms with Crippen LogP contribution in [0.1, 0.15) is 43.5 Å². The molecule has 1 atom stereocenters. The minimum Gasteiger partial charge on any atom is -0.338 e. The summed E-state index contributed by atoms with van der Waals surface area (Å²) < 4.78 is 1.92. The molecule has 4 rings (SSSR count). The van der Waals surface area contributed by atoms with Gasteiger partial charge in [0.05, 0.1) is 11.8 Å². The third kappa shape index (κ3) is 2.84. The zero-order chi connectivity index (χ0) is 16.0. The van der Waals surface area contributed by atoms with Crippen LogP contribution in [0.2, 0.25) is 0 Å². The Kier molecular flexibility index (Phi) is 3.58. The van der Waals surface area contributed by atoms with Crippen LogP contribution < -0.4 is 0 Å². The van der Waals surface area contributed by atoms with E-state index in [4.69, 9.17) is 0 Å². The van der Waals surface area contributed by atoms with Crippen LogP contribution in [-0.2, 0) is 6.54 Å². The van der Waals surface area contributed by atoms with E-state index in [-0.39, 0.29) is 5.91 Å². The average molecular weight is 312 g/mol. The third-order valence-electron chi connectivity index (χ3n) is 5.06. The van der Waals surface area contributed by atoms with Gasteiger partial charge in [-0.25, -0.2) is 9.67 Å². The quantitative estimate of drug-likeness (QED) is 0.872. The van der Waals surface area contributed by atoms with Crippen LogP contribution in [-0.4, -0.2) is 38.7 Å². The molecule has 1 saturated heterocycles. The van der Waals surface area contributed by atoms with Gasteiger partial charge in [0, 0.05) is 31.2 Å². The molecular weight excluding hydrogens is 288 g/mol. The summed E-state index contributed by atoms with van der Waals surface area (Å²) in [5.41, 5.74) is 1.56. The third-order valence-corrected chi connectivity index (χ3v) is 5.06. The number of carbonyl (C=O) groups is 1. The molecule has 0 bridgehead atoms. The predicted octanol–water partition coefficient (Wildman–Crippen LogP) is 2.96. The molecule has 2 aromatic rings. The van der Waals surface area contributed by atoms with Gasteiger partial charge in [-0.1, -0.05) is 13.8 Å². The van der Waals surface area contributed by atoms with E-state index in [1.165, 1.54) is 19.3 Å². The summed E-state index contributed by atoms with van der Waals surface area (Å²) in [6, 6.07) is 1.94. The minimum atomic E-state index is 0.124. The van der Waals surface area contributed by atoms with E-state index in [1.54, 1.807) is 6.20 Å². The van der Waals surface area contributed by atoms with Gasteiger partial charge in [0.15, 0.2) is 5.65 Å². The maximum Gasteiger partial charge on any atom is 0.255 e. The number of carbonyl (C=O) groups excluding carboxylic acids is 1. The van der Waals surface area contributed by atoms with Gasteiger partial charge in [0.1, 0.15) is 0 Å². The molecule has 0 radical (unpaired) electrons. The summed E-state index contributed by atoms with van der Waals surface area (Å²) in [5.74, 6) is 2.25. The van der Waals surface area contributed by atoms with Gasteiger partial charge in [-0.15, -0.1) is 0 Å². The fourth-order valence-electron chi connectivity index (χ4n) is 3.68. The van der Waals surface area contributed by atoms with Crippen molar-refractivity contribution in [1.29, 1.82) is 0 Å². The molecule has 1 amide bonds. The van der Waals surface area contributed by atoms with Gasteiger partial charge in [0.25, 0.3) is 5.91 Å². The number of amides is 1. The molecule has 23 heavy (non-hydrogen) atoms. The Morgan fingerprint density at radius 2 is 2.09 bits per heavy atom. The Hall–Kier alpha value is -1.91. The molecule has 5 nitrogen and oxygen atoms in total. The summed E-state index contributed by atoms with van der Waals surface area (Å²) in [6.07, 6.45) is 7.41. The number of nitrogens with zero attached hydrogens (tertiary/aromatic N) is 4. The number of hydrogen-bond acceptors (Lipinski definition) is 3. The molecule has 2 fully saturated rings. The van der Waals surface area contributed by atoms with E-state index in [0.29, 0.717) is 11.5 Å². The molecule has 122 valence electrons. The molecule has 2 aromatic heterocycles. The first-order valence-electron chi connectivity index (χ1n) is 8.72. The average Bonchev–Trinajstić information content (AvgIpc) is 3.14. The standard InChI is InChI=1S/C18H24N4O/c1-12(2)10-22-17-15(9-20-22)7-16(8-19-17)18(23)21-6-5-14(11-21)13-3-4-13/h7-9,12-14H,3-6,10-11H2,1-2H3. The number of likely N-dealkylation sites (tertiary alicyclic amines) is 1. The predicted molar refractivity (Wildman–Crippen MR) is 89.1 cm³/mol. The fourth-order valence-corrected chi connectivity index (χ4v) is 3.68. The second-order valence-corrected chi connectivity index (χ2v) is 7.49. The Labute approximate surface area is 136 Å². The van der Waals surface area contributed by atoms with Crippen molar-refractivity contribution in [2.75, 3.05) is 13.1 Å². The monoisotopic (exact) mass is 312 g/mol. The summed E-state index contributed by atoms with van der Waals surface area (Å²) >= 11 is 0. The van der Waals surface area contributed by atoms with Crippen LogP contribution in [0.3, 0.4) is 0 Å². The number of pyridine rings is 1. The van der Waals surface area contributed by atoms with Crippen molar-refractivity contribution >= 4 is 16.9 Å². The highest BCUT2D eigenvalue weighted by atomic mass is 16.2. The van der Waals surface area contributed by atoms with Crippen LogP contribution in [0.25, 0.3) is 11.0 Å². The van der Waals surface area contributed by atoms with Crippen molar-refractivity contribution in [2.45, 2.75) is 39.7 Å². The van der Waals surface area contributed by atoms with E-state index < -0.39 is 0 Å². The number of rotatable bonds is 4. The van der Waals surface area contributed by atoms with E-state index >= 15 is 0 Å². The maximum absolute atomic E-state index is 12.7. The van der Waals surface area contributed by atoms with E-state index in [2.05, 4.69) is 23.9 Å². The Morgan fingerprint density at radius 3 is 2.83 bits per heavy atom. The number of fused-ring (bicyclic) bond motifs is 1. The van der Waals surface area contributed by atoms with Crippen molar-refractivity contribution in [3.8, 4) is 0 Å². The van der Waals surface area contributed by atoms with Crippen LogP contribution in [0, 0.1) is 17.8 Å². The van der Waals surface area contributed by atoms with Crippen LogP contribution in [0.5, 0.6) is 0 Å². The number of hydrogen-bond donors (Lipinski definition) is 0. The van der Waals surface area contributed by atoms with Gasteiger partial charge in [0.2, 0.25) is 0 Å². The van der Waals surface area contributed by atoms with Gasteiger partial charge in [-0.2, -0.15) is 5.10 Å². The zero-order valence-corrected chi connectivity index (χ0v) is 13.9. The maximum atomic E-state index is 12.7. The molecule has 1 aliphatic heterocycles. The Balaban J connectivity index is 1.53. The lowest BCUT2D eigenvalue weighted by molar-refractivity contribution is 0.0785. The van der Waals surface area contributed by atoms with Crippen molar-refractivity contribution in [3.05, 3.63) is 24.0 Å². The molecule has 5 heteroatoms. The van der Waals surface area contributed by atoms with Gasteiger partial charge < -0.3 is 4.90 Å². The first-order chi connectivity index (χ1) is 11.1. The van der Waals surface area contributed by atoms with Gasteiger partial charge in [-0.05, 0) is 43.1 Å². The largest absolute Gasteiger partial charge is 0.338 e. The first-order valence-corrected chi connectivity index (χ1v) is 8.72. The van der Waals surface area contributed by atoms with Crippen molar-refractivity contribution < 1.29 is 4.79 Å². The lowest BCUT2D eigenvalue weighted by Gasteiger charge is -2.16. The number of aromatic nitrogens is 3. The fraction of sp³-hybridized carbons (Fsp3) is 0.611. The van der Waals surface area contributed by atoms with E-state index in [9.17, 15) is 4.79 Å². The molecule has 1 aliphatic carbocycles. The molecule has 0 spiro atoms. The summed E-state index contributed by atoms with van der Waals surface area (Å²) in [7, 11) is 0. The lowest BCUT2D eigenvalue weighted by Crippen LogP contribution is -2.29. The Bertz CT molecular complexity index is 732. The normalized spacial score (nSPS) is 21.5. The topological polar surface area (TPSA) is 51.0 Å². The van der Waals surface area contributed by atoms with E-state index in [1.807, 2.05) is 21.8 Å². The molecule has 0 aromatic carbocycles. The van der Waals surface area contributed by atoms with Crippen LogP contribution in [0.15, 0.2) is 18.5 Å². The smallest absolute Gasteiger partial charge is 0.255 e. The van der Waals surface area contributed by atoms with Crippen molar-refractivity contribution in [3.63, 3.8) is 0 Å². The summed E-state index contributed by atoms with van der Waals surface area (Å²) in [4.78, 5) is 19.2. The molecule has 1 saturated carbocycles. The summed E-state index contributed by atoms with van der Waals surface area (Å²) in [6.45, 7) is 6.99. The van der Waals surface area contributed by atoms with Crippen LogP contribution in [0.4, 0.5) is 0 Å². The lowest BCUT2D eigenvalue weighted by atomic mass is 10.0. The molecule has 1 unspecified atom stereocenters. The van der Waals surface area contributed by atoms with Crippen molar-refractivity contribution in [2.24, 2.45) is 17.8 Å². The molecule has 2 aliphatic rings. The SMILES string of the molecule is CC(C)Cn1ncc2cc(C(=O)N3CCC(C4CC4)C3)cnc21. The summed E-state index contributed by atoms with van der Waals surface area (Å²) in [5, 5.41) is 5.36. The highest BCUT2D eigenvalue weighted by Crippen LogP contribution is 2.41. The second kappa shape index (κ2) is 5.62.